The van der Waals surface area contributed by atoms with Crippen molar-refractivity contribution in [2.45, 2.75) is 89.6 Å². The Morgan fingerprint density at radius 1 is 0.950 bits per heavy atom. The molecule has 2 aliphatic carbocycles. The summed E-state index contributed by atoms with van der Waals surface area (Å²) >= 11 is 0. The summed E-state index contributed by atoms with van der Waals surface area (Å²) in [6.45, 7) is 4.86. The van der Waals surface area contributed by atoms with Gasteiger partial charge in [0.25, 0.3) is 0 Å². The molecule has 0 heterocycles. The summed E-state index contributed by atoms with van der Waals surface area (Å²) in [5, 5.41) is 3.85. The summed E-state index contributed by atoms with van der Waals surface area (Å²) in [6.07, 6.45) is 15.7. The molecule has 0 bridgehead atoms. The van der Waals surface area contributed by atoms with Gasteiger partial charge in [0.1, 0.15) is 0 Å². The highest BCUT2D eigenvalue weighted by Gasteiger charge is 2.23. The highest BCUT2D eigenvalue weighted by atomic mass is 15.1. The highest BCUT2D eigenvalue weighted by Crippen LogP contribution is 2.26. The Balaban J connectivity index is 1.58. The van der Waals surface area contributed by atoms with E-state index in [1.165, 1.54) is 83.7 Å². The van der Waals surface area contributed by atoms with Crippen LogP contribution in [-0.4, -0.2) is 37.1 Å². The summed E-state index contributed by atoms with van der Waals surface area (Å²) in [5.74, 6) is 0.944. The lowest BCUT2D eigenvalue weighted by molar-refractivity contribution is 0.186. The third-order valence-electron chi connectivity index (χ3n) is 5.73. The van der Waals surface area contributed by atoms with Gasteiger partial charge < -0.3 is 10.2 Å². The van der Waals surface area contributed by atoms with Gasteiger partial charge in [-0.05, 0) is 58.2 Å². The molecule has 0 aliphatic heterocycles. The average molecular weight is 280 g/mol. The van der Waals surface area contributed by atoms with Gasteiger partial charge in [-0.3, -0.25) is 0 Å². The topological polar surface area (TPSA) is 15.3 Å². The maximum atomic E-state index is 3.85. The summed E-state index contributed by atoms with van der Waals surface area (Å²) in [6, 6.07) is 1.69. The fraction of sp³-hybridized carbons (Fsp3) is 1.00. The van der Waals surface area contributed by atoms with Gasteiger partial charge in [0.15, 0.2) is 0 Å². The van der Waals surface area contributed by atoms with E-state index in [4.69, 9.17) is 0 Å². The number of nitrogens with zero attached hydrogens (tertiary/aromatic N) is 1. The Bertz CT molecular complexity index is 248. The van der Waals surface area contributed by atoms with E-state index < -0.39 is 0 Å². The van der Waals surface area contributed by atoms with E-state index in [-0.39, 0.29) is 0 Å². The van der Waals surface area contributed by atoms with E-state index >= 15 is 0 Å². The van der Waals surface area contributed by atoms with E-state index in [0.717, 1.165) is 18.0 Å². The monoisotopic (exact) mass is 280 g/mol. The molecule has 0 saturated heterocycles. The van der Waals surface area contributed by atoms with E-state index in [1.54, 1.807) is 0 Å². The molecule has 20 heavy (non-hydrogen) atoms. The second-order valence-corrected chi connectivity index (χ2v) is 7.14. The first-order valence-corrected chi connectivity index (χ1v) is 9.25. The second-order valence-electron chi connectivity index (χ2n) is 7.14. The average Bonchev–Trinajstić information content (AvgIpc) is 2.52. The fourth-order valence-electron chi connectivity index (χ4n) is 4.29. The van der Waals surface area contributed by atoms with Crippen LogP contribution in [0, 0.1) is 5.92 Å². The van der Waals surface area contributed by atoms with Crippen molar-refractivity contribution in [3.63, 3.8) is 0 Å². The Hall–Kier alpha value is -0.0800. The third kappa shape index (κ3) is 5.04. The van der Waals surface area contributed by atoms with Gasteiger partial charge in [-0.2, -0.15) is 0 Å². The Kier molecular flexibility index (Phi) is 7.37. The van der Waals surface area contributed by atoms with Crippen LogP contribution in [0.1, 0.15) is 77.6 Å². The lowest BCUT2D eigenvalue weighted by Gasteiger charge is -2.33. The number of hydrogen-bond acceptors (Lipinski definition) is 2. The van der Waals surface area contributed by atoms with Crippen LogP contribution >= 0.6 is 0 Å². The molecule has 2 unspecified atom stereocenters. The molecule has 118 valence electrons. The molecule has 0 aromatic rings. The predicted molar refractivity (Wildman–Crippen MR) is 88.2 cm³/mol. The molecule has 2 heteroatoms. The molecule has 0 spiro atoms. The smallest absolute Gasteiger partial charge is 0.00952 e. The van der Waals surface area contributed by atoms with Crippen molar-refractivity contribution < 1.29 is 0 Å². The van der Waals surface area contributed by atoms with Crippen LogP contribution in [0.25, 0.3) is 0 Å². The van der Waals surface area contributed by atoms with Crippen LogP contribution in [0.15, 0.2) is 0 Å². The van der Waals surface area contributed by atoms with Gasteiger partial charge in [-0.15, -0.1) is 0 Å². The van der Waals surface area contributed by atoms with Crippen LogP contribution in [0.4, 0.5) is 0 Å². The minimum atomic E-state index is 0.814. The fourth-order valence-corrected chi connectivity index (χ4v) is 4.29. The van der Waals surface area contributed by atoms with Gasteiger partial charge in [-0.25, -0.2) is 0 Å². The lowest BCUT2D eigenvalue weighted by atomic mass is 9.83. The minimum absolute atomic E-state index is 0.814. The quantitative estimate of drug-likeness (QED) is 0.703. The molecule has 2 fully saturated rings. The first-order chi connectivity index (χ1) is 9.81. The minimum Gasteiger partial charge on any atom is -0.314 e. The summed E-state index contributed by atoms with van der Waals surface area (Å²) in [7, 11) is 2.34. The molecule has 0 aromatic carbocycles. The zero-order valence-electron chi connectivity index (χ0n) is 13.9. The maximum absolute atomic E-state index is 3.85. The standard InChI is InChI=1S/C18H36N2/c1-3-16-10-7-8-13-18(16)19-14-9-15-20(2)17-11-5-4-6-12-17/h16-19H,3-15H2,1-2H3. The van der Waals surface area contributed by atoms with Crippen molar-refractivity contribution in [1.29, 1.82) is 0 Å². The summed E-state index contributed by atoms with van der Waals surface area (Å²) in [5.41, 5.74) is 0. The Morgan fingerprint density at radius 3 is 2.40 bits per heavy atom. The Labute approximate surface area is 126 Å². The maximum Gasteiger partial charge on any atom is 0.00952 e. The molecule has 1 N–H and O–H groups in total. The molecule has 0 amide bonds. The number of nitrogens with one attached hydrogen (secondary N) is 1. The van der Waals surface area contributed by atoms with E-state index in [0.29, 0.717) is 0 Å². The molecule has 2 aliphatic rings. The first kappa shape index (κ1) is 16.3. The van der Waals surface area contributed by atoms with Crippen LogP contribution in [0.2, 0.25) is 0 Å². The second kappa shape index (κ2) is 9.04. The van der Waals surface area contributed by atoms with Gasteiger partial charge in [-0.1, -0.05) is 45.4 Å². The van der Waals surface area contributed by atoms with Gasteiger partial charge in [0.05, 0.1) is 0 Å². The zero-order valence-corrected chi connectivity index (χ0v) is 13.9. The zero-order chi connectivity index (χ0) is 14.2. The van der Waals surface area contributed by atoms with Crippen LogP contribution in [0.5, 0.6) is 0 Å². The van der Waals surface area contributed by atoms with Crippen LogP contribution < -0.4 is 5.32 Å². The van der Waals surface area contributed by atoms with E-state index in [9.17, 15) is 0 Å². The molecular weight excluding hydrogens is 244 g/mol. The largest absolute Gasteiger partial charge is 0.314 e. The SMILES string of the molecule is CCC1CCCCC1NCCCN(C)C1CCCCC1. The van der Waals surface area contributed by atoms with E-state index in [2.05, 4.69) is 24.2 Å². The molecule has 2 saturated carbocycles. The predicted octanol–water partition coefficient (Wildman–Crippen LogP) is 4.20. The molecule has 0 aromatic heterocycles. The van der Waals surface area contributed by atoms with Crippen molar-refractivity contribution in [2.75, 3.05) is 20.1 Å². The van der Waals surface area contributed by atoms with Crippen molar-refractivity contribution >= 4 is 0 Å². The van der Waals surface area contributed by atoms with Crippen molar-refractivity contribution in [3.05, 3.63) is 0 Å². The van der Waals surface area contributed by atoms with Gasteiger partial charge in [0, 0.05) is 12.1 Å². The Morgan fingerprint density at radius 2 is 1.65 bits per heavy atom. The number of rotatable bonds is 7. The van der Waals surface area contributed by atoms with Crippen LogP contribution in [-0.2, 0) is 0 Å². The number of hydrogen-bond donors (Lipinski definition) is 1. The third-order valence-corrected chi connectivity index (χ3v) is 5.73. The highest BCUT2D eigenvalue weighted by molar-refractivity contribution is 4.80. The van der Waals surface area contributed by atoms with Crippen molar-refractivity contribution in [3.8, 4) is 0 Å². The molecule has 2 rings (SSSR count). The summed E-state index contributed by atoms with van der Waals surface area (Å²) in [4.78, 5) is 2.62. The van der Waals surface area contributed by atoms with Crippen molar-refractivity contribution in [1.82, 2.24) is 10.2 Å². The molecule has 2 atom stereocenters. The van der Waals surface area contributed by atoms with Crippen molar-refractivity contribution in [2.24, 2.45) is 5.92 Å². The van der Waals surface area contributed by atoms with E-state index in [1.807, 2.05) is 0 Å². The molecule has 2 nitrogen and oxygen atoms in total. The molecule has 0 radical (unpaired) electrons. The first-order valence-electron chi connectivity index (χ1n) is 9.25. The molecular formula is C18H36N2. The normalized spacial score (nSPS) is 28.9. The van der Waals surface area contributed by atoms with Gasteiger partial charge in [0.2, 0.25) is 0 Å². The summed E-state index contributed by atoms with van der Waals surface area (Å²) < 4.78 is 0. The van der Waals surface area contributed by atoms with Crippen LogP contribution in [0.3, 0.4) is 0 Å². The lowest BCUT2D eigenvalue weighted by Crippen LogP contribution is -2.40. The van der Waals surface area contributed by atoms with Gasteiger partial charge >= 0.3 is 0 Å².